The molecular formula is C13H15N3O2. The molecule has 0 radical (unpaired) electrons. The van der Waals surface area contributed by atoms with Crippen LogP contribution in [0.25, 0.3) is 0 Å². The van der Waals surface area contributed by atoms with Crippen molar-refractivity contribution in [2.45, 2.75) is 0 Å². The zero-order valence-electron chi connectivity index (χ0n) is 9.98. The van der Waals surface area contributed by atoms with Crippen LogP contribution in [0.1, 0.15) is 20.7 Å². The molecule has 0 saturated carbocycles. The third kappa shape index (κ3) is 3.86. The molecule has 0 aliphatic carbocycles. The molecule has 0 aliphatic heterocycles. The average Bonchev–Trinajstić information content (AvgIpc) is 2.42. The molecule has 94 valence electrons. The summed E-state index contributed by atoms with van der Waals surface area (Å²) in [7, 11) is 0. The maximum atomic E-state index is 11.6. The molecule has 0 fully saturated rings. The maximum Gasteiger partial charge on any atom is 0.253 e. The van der Waals surface area contributed by atoms with Gasteiger partial charge in [-0.2, -0.15) is 0 Å². The number of rotatable bonds is 6. The molecule has 1 aromatic heterocycles. The quantitative estimate of drug-likeness (QED) is 0.732. The van der Waals surface area contributed by atoms with Crippen LogP contribution in [-0.2, 0) is 0 Å². The Labute approximate surface area is 106 Å². The first kappa shape index (κ1) is 13.6. The van der Waals surface area contributed by atoms with E-state index in [2.05, 4.69) is 28.8 Å². The van der Waals surface area contributed by atoms with Crippen LogP contribution in [0, 0.1) is 0 Å². The standard InChI is InChI=1S/C13H15N3O2/c1-3-5-15-12(17)10-7-11(9-14-8-10)13(18)16-6-4-2/h3-4,7-9H,1-2,5-6H2,(H,15,17)(H,16,18). The monoisotopic (exact) mass is 245 g/mol. The molecule has 5 nitrogen and oxygen atoms in total. The summed E-state index contributed by atoms with van der Waals surface area (Å²) in [4.78, 5) is 27.2. The summed E-state index contributed by atoms with van der Waals surface area (Å²) in [6.07, 6.45) is 5.96. The van der Waals surface area contributed by atoms with Crippen LogP contribution in [0.15, 0.2) is 43.8 Å². The minimum absolute atomic E-state index is 0.291. The summed E-state index contributed by atoms with van der Waals surface area (Å²) < 4.78 is 0. The van der Waals surface area contributed by atoms with Gasteiger partial charge in [-0.15, -0.1) is 13.2 Å². The molecular weight excluding hydrogens is 230 g/mol. The van der Waals surface area contributed by atoms with Crippen LogP contribution in [0.4, 0.5) is 0 Å². The van der Waals surface area contributed by atoms with Gasteiger partial charge < -0.3 is 10.6 Å². The van der Waals surface area contributed by atoms with E-state index in [1.165, 1.54) is 18.5 Å². The highest BCUT2D eigenvalue weighted by molar-refractivity contribution is 5.99. The molecule has 18 heavy (non-hydrogen) atoms. The second kappa shape index (κ2) is 7.01. The van der Waals surface area contributed by atoms with Gasteiger partial charge in [0.1, 0.15) is 0 Å². The molecule has 0 atom stereocenters. The molecule has 5 heteroatoms. The Morgan fingerprint density at radius 1 is 1.06 bits per heavy atom. The van der Waals surface area contributed by atoms with Crippen LogP contribution in [0.5, 0.6) is 0 Å². The summed E-state index contributed by atoms with van der Waals surface area (Å²) >= 11 is 0. The fourth-order valence-electron chi connectivity index (χ4n) is 1.22. The van der Waals surface area contributed by atoms with E-state index in [1.807, 2.05) is 0 Å². The smallest absolute Gasteiger partial charge is 0.253 e. The Bertz CT molecular complexity index is 430. The SMILES string of the molecule is C=CCNC(=O)c1cncc(C(=O)NCC=C)c1. The normalized spacial score (nSPS) is 9.33. The number of carbonyl (C=O) groups is 2. The second-order valence-corrected chi connectivity index (χ2v) is 3.46. The van der Waals surface area contributed by atoms with E-state index >= 15 is 0 Å². The van der Waals surface area contributed by atoms with Crippen LogP contribution in [-0.4, -0.2) is 29.9 Å². The molecule has 0 bridgehead atoms. The molecule has 0 aromatic carbocycles. The Hall–Kier alpha value is -2.43. The lowest BCUT2D eigenvalue weighted by atomic mass is 10.2. The third-order valence-electron chi connectivity index (χ3n) is 2.08. The molecule has 0 unspecified atom stereocenters. The fourth-order valence-corrected chi connectivity index (χ4v) is 1.22. The number of hydrogen-bond donors (Lipinski definition) is 2. The van der Waals surface area contributed by atoms with Gasteiger partial charge in [0.2, 0.25) is 0 Å². The Morgan fingerprint density at radius 3 is 1.89 bits per heavy atom. The number of amides is 2. The van der Waals surface area contributed by atoms with Crippen molar-refractivity contribution in [2.24, 2.45) is 0 Å². The van der Waals surface area contributed by atoms with Crippen molar-refractivity contribution in [3.63, 3.8) is 0 Å². The topological polar surface area (TPSA) is 71.1 Å². The van der Waals surface area contributed by atoms with Crippen LogP contribution < -0.4 is 10.6 Å². The van der Waals surface area contributed by atoms with Crippen molar-refractivity contribution in [2.75, 3.05) is 13.1 Å². The van der Waals surface area contributed by atoms with Crippen molar-refractivity contribution in [3.8, 4) is 0 Å². The second-order valence-electron chi connectivity index (χ2n) is 3.46. The van der Waals surface area contributed by atoms with Crippen molar-refractivity contribution in [1.82, 2.24) is 15.6 Å². The van der Waals surface area contributed by atoms with Gasteiger partial charge in [0.05, 0.1) is 11.1 Å². The van der Waals surface area contributed by atoms with Gasteiger partial charge in [-0.3, -0.25) is 14.6 Å². The number of nitrogens with one attached hydrogen (secondary N) is 2. The van der Waals surface area contributed by atoms with Gasteiger partial charge >= 0.3 is 0 Å². The predicted molar refractivity (Wildman–Crippen MR) is 69.3 cm³/mol. The van der Waals surface area contributed by atoms with Crippen LogP contribution in [0.2, 0.25) is 0 Å². The maximum absolute atomic E-state index is 11.6. The summed E-state index contributed by atoms with van der Waals surface area (Å²) in [5.41, 5.74) is 0.672. The first-order chi connectivity index (χ1) is 8.69. The van der Waals surface area contributed by atoms with E-state index in [4.69, 9.17) is 0 Å². The van der Waals surface area contributed by atoms with E-state index < -0.39 is 0 Å². The lowest BCUT2D eigenvalue weighted by Crippen LogP contribution is -2.26. The van der Waals surface area contributed by atoms with E-state index in [-0.39, 0.29) is 11.8 Å². The van der Waals surface area contributed by atoms with Crippen LogP contribution in [0.3, 0.4) is 0 Å². The predicted octanol–water partition coefficient (Wildman–Crippen LogP) is 0.913. The van der Waals surface area contributed by atoms with Crippen LogP contribution >= 0.6 is 0 Å². The fraction of sp³-hybridized carbons (Fsp3) is 0.154. The minimum atomic E-state index is -0.291. The highest BCUT2D eigenvalue weighted by Gasteiger charge is 2.09. The number of aromatic nitrogens is 1. The van der Waals surface area contributed by atoms with E-state index in [1.54, 1.807) is 12.2 Å². The first-order valence-electron chi connectivity index (χ1n) is 5.42. The third-order valence-corrected chi connectivity index (χ3v) is 2.08. The highest BCUT2D eigenvalue weighted by Crippen LogP contribution is 2.02. The average molecular weight is 245 g/mol. The first-order valence-corrected chi connectivity index (χ1v) is 5.42. The molecule has 0 saturated heterocycles. The number of hydrogen-bond acceptors (Lipinski definition) is 3. The van der Waals surface area contributed by atoms with E-state index in [0.717, 1.165) is 0 Å². The van der Waals surface area contributed by atoms with Gasteiger partial charge in [0, 0.05) is 25.5 Å². The van der Waals surface area contributed by atoms with E-state index in [9.17, 15) is 9.59 Å². The number of pyridine rings is 1. The van der Waals surface area contributed by atoms with Gasteiger partial charge in [-0.05, 0) is 6.07 Å². The summed E-state index contributed by atoms with van der Waals surface area (Å²) in [5, 5.41) is 5.23. The van der Waals surface area contributed by atoms with Crippen molar-refractivity contribution >= 4 is 11.8 Å². The van der Waals surface area contributed by atoms with E-state index in [0.29, 0.717) is 24.2 Å². The van der Waals surface area contributed by atoms with Crippen molar-refractivity contribution < 1.29 is 9.59 Å². The Kier molecular flexibility index (Phi) is 5.31. The van der Waals surface area contributed by atoms with Gasteiger partial charge in [0.25, 0.3) is 11.8 Å². The Morgan fingerprint density at radius 2 is 1.50 bits per heavy atom. The minimum Gasteiger partial charge on any atom is -0.349 e. The zero-order chi connectivity index (χ0) is 13.4. The highest BCUT2D eigenvalue weighted by atomic mass is 16.2. The largest absolute Gasteiger partial charge is 0.349 e. The van der Waals surface area contributed by atoms with Crippen molar-refractivity contribution in [1.29, 1.82) is 0 Å². The number of nitrogens with zero attached hydrogens (tertiary/aromatic N) is 1. The zero-order valence-corrected chi connectivity index (χ0v) is 9.98. The molecule has 0 spiro atoms. The lowest BCUT2D eigenvalue weighted by molar-refractivity contribution is 0.0957. The molecule has 2 amide bonds. The molecule has 1 heterocycles. The summed E-state index contributed by atoms with van der Waals surface area (Å²) in [6.45, 7) is 7.74. The van der Waals surface area contributed by atoms with Gasteiger partial charge in [0.15, 0.2) is 0 Å². The lowest BCUT2D eigenvalue weighted by Gasteiger charge is -2.05. The number of carbonyl (C=O) groups excluding carboxylic acids is 2. The summed E-state index contributed by atoms with van der Waals surface area (Å²) in [6, 6.07) is 1.49. The molecule has 1 aromatic rings. The van der Waals surface area contributed by atoms with Gasteiger partial charge in [-0.1, -0.05) is 12.2 Å². The Balaban J connectivity index is 2.78. The molecule has 0 aliphatic rings. The summed E-state index contributed by atoms with van der Waals surface area (Å²) in [5.74, 6) is -0.582. The molecule has 1 rings (SSSR count). The van der Waals surface area contributed by atoms with Gasteiger partial charge in [-0.25, -0.2) is 0 Å². The molecule has 2 N–H and O–H groups in total. The van der Waals surface area contributed by atoms with Crippen molar-refractivity contribution in [3.05, 3.63) is 54.9 Å².